The summed E-state index contributed by atoms with van der Waals surface area (Å²) in [7, 11) is 0. The number of carboxylic acid groups (broad SMARTS) is 2. The zero-order chi connectivity index (χ0) is 38.3. The summed E-state index contributed by atoms with van der Waals surface area (Å²) in [6.07, 6.45) is 5.83. The Morgan fingerprint density at radius 3 is 1.17 bits per heavy atom. The fourth-order valence-corrected chi connectivity index (χ4v) is 6.07. The van der Waals surface area contributed by atoms with Crippen molar-refractivity contribution in [3.05, 3.63) is 177 Å². The van der Waals surface area contributed by atoms with Crippen LogP contribution in [0.5, 0.6) is 0 Å². The molecule has 0 aliphatic carbocycles. The second-order valence-corrected chi connectivity index (χ2v) is 12.2. The van der Waals surface area contributed by atoms with Crippen molar-refractivity contribution in [1.29, 1.82) is 0 Å². The molecule has 0 bridgehead atoms. The van der Waals surface area contributed by atoms with Gasteiger partial charge in [-0.25, -0.2) is 19.4 Å². The maximum Gasteiger partial charge on any atom is 0.335 e. The van der Waals surface area contributed by atoms with E-state index < -0.39 is 47.1 Å². The van der Waals surface area contributed by atoms with Crippen molar-refractivity contribution in [1.82, 2.24) is 0 Å². The molecule has 12 nitrogen and oxygen atoms in total. The third kappa shape index (κ3) is 6.31. The van der Waals surface area contributed by atoms with Gasteiger partial charge in [0.25, 0.3) is 23.6 Å². The highest BCUT2D eigenvalue weighted by atomic mass is 16.4. The lowest BCUT2D eigenvalue weighted by atomic mass is 10.1. The van der Waals surface area contributed by atoms with E-state index in [0.717, 1.165) is 21.9 Å². The monoisotopic (exact) mass is 716 g/mol. The first-order chi connectivity index (χ1) is 25.9. The molecule has 0 fully saturated rings. The Hall–Kier alpha value is -7.86. The van der Waals surface area contributed by atoms with Gasteiger partial charge in [0, 0.05) is 11.1 Å². The molecule has 54 heavy (non-hydrogen) atoms. The van der Waals surface area contributed by atoms with E-state index in [1.807, 2.05) is 0 Å². The van der Waals surface area contributed by atoms with Gasteiger partial charge in [0.15, 0.2) is 11.6 Å². The molecule has 262 valence electrons. The Labute approximate surface area is 305 Å². The number of hydrogen-bond acceptors (Lipinski definition) is 8. The molecule has 2 aliphatic heterocycles. The maximum absolute atomic E-state index is 13.1. The molecule has 0 spiro atoms. The number of anilines is 2. The molecular formula is C42H24N2O10. The minimum Gasteiger partial charge on any atom is -0.478 e. The van der Waals surface area contributed by atoms with Crippen molar-refractivity contribution in [2.45, 2.75) is 0 Å². The smallest absolute Gasteiger partial charge is 0.335 e. The number of amides is 4. The highest BCUT2D eigenvalue weighted by molar-refractivity contribution is 6.35. The van der Waals surface area contributed by atoms with Crippen LogP contribution in [0.3, 0.4) is 0 Å². The van der Waals surface area contributed by atoms with Crippen LogP contribution in [0.1, 0.15) is 94.0 Å². The summed E-state index contributed by atoms with van der Waals surface area (Å²) in [6.45, 7) is 0. The van der Waals surface area contributed by atoms with E-state index in [0.29, 0.717) is 11.1 Å². The molecule has 2 heterocycles. The molecular weight excluding hydrogens is 692 g/mol. The number of fused-ring (bicyclic) bond motifs is 2. The average molecular weight is 717 g/mol. The number of carboxylic acids is 2. The number of benzene rings is 5. The summed E-state index contributed by atoms with van der Waals surface area (Å²) >= 11 is 0. The maximum atomic E-state index is 13.1. The van der Waals surface area contributed by atoms with Crippen LogP contribution in [0.25, 0.3) is 12.2 Å². The first kappa shape index (κ1) is 34.6. The zero-order valence-electron chi connectivity index (χ0n) is 27.8. The quantitative estimate of drug-likeness (QED) is 0.0922. The van der Waals surface area contributed by atoms with E-state index in [2.05, 4.69) is 0 Å². The van der Waals surface area contributed by atoms with Crippen LogP contribution in [0.2, 0.25) is 0 Å². The third-order valence-corrected chi connectivity index (χ3v) is 8.84. The number of nitrogens with zero attached hydrogens (tertiary/aromatic N) is 2. The first-order valence-corrected chi connectivity index (χ1v) is 16.2. The summed E-state index contributed by atoms with van der Waals surface area (Å²) in [4.78, 5) is 103. The summed E-state index contributed by atoms with van der Waals surface area (Å²) in [5.74, 6) is -5.90. The SMILES string of the molecule is O=C(O)c1ccc2c(c1)C(=O)N(c1cccc(C(=O)C=Cc3ccc(C=CC(=O)c4cccc(N5C(=O)c6ccc(C(=O)O)cc6C5=O)c4)cc3)c1)C2=O. The van der Waals surface area contributed by atoms with E-state index in [4.69, 9.17) is 0 Å². The second kappa shape index (κ2) is 13.7. The number of imide groups is 2. The van der Waals surface area contributed by atoms with Gasteiger partial charge in [0.2, 0.25) is 0 Å². The van der Waals surface area contributed by atoms with Gasteiger partial charge in [-0.2, -0.15) is 0 Å². The third-order valence-electron chi connectivity index (χ3n) is 8.84. The molecule has 7 rings (SSSR count). The van der Waals surface area contributed by atoms with Crippen molar-refractivity contribution in [3.63, 3.8) is 0 Å². The number of carbonyl (C=O) groups is 8. The predicted molar refractivity (Wildman–Crippen MR) is 195 cm³/mol. The molecule has 0 saturated carbocycles. The highest BCUT2D eigenvalue weighted by Crippen LogP contribution is 2.31. The summed E-state index contributed by atoms with van der Waals surface area (Å²) in [5.41, 5.74) is 1.89. The lowest BCUT2D eigenvalue weighted by Gasteiger charge is -2.14. The van der Waals surface area contributed by atoms with E-state index in [1.165, 1.54) is 84.9 Å². The largest absolute Gasteiger partial charge is 0.478 e. The van der Waals surface area contributed by atoms with E-state index >= 15 is 0 Å². The number of carbonyl (C=O) groups excluding carboxylic acids is 6. The molecule has 12 heteroatoms. The van der Waals surface area contributed by atoms with Gasteiger partial charge in [-0.15, -0.1) is 0 Å². The molecule has 2 aliphatic rings. The van der Waals surface area contributed by atoms with Crippen LogP contribution in [-0.2, 0) is 0 Å². The van der Waals surface area contributed by atoms with Gasteiger partial charge in [0.05, 0.1) is 44.8 Å². The van der Waals surface area contributed by atoms with Crippen molar-refractivity contribution in [2.75, 3.05) is 9.80 Å². The van der Waals surface area contributed by atoms with Crippen LogP contribution in [0, 0.1) is 0 Å². The van der Waals surface area contributed by atoms with Crippen LogP contribution < -0.4 is 9.80 Å². The summed E-state index contributed by atoms with van der Waals surface area (Å²) in [6, 6.07) is 26.3. The van der Waals surface area contributed by atoms with Crippen molar-refractivity contribution in [2.24, 2.45) is 0 Å². The summed E-state index contributed by atoms with van der Waals surface area (Å²) in [5, 5.41) is 18.5. The fourth-order valence-electron chi connectivity index (χ4n) is 6.07. The molecule has 4 amide bonds. The van der Waals surface area contributed by atoms with Crippen LogP contribution in [0.4, 0.5) is 11.4 Å². The number of rotatable bonds is 10. The van der Waals surface area contributed by atoms with Crippen LogP contribution >= 0.6 is 0 Å². The van der Waals surface area contributed by atoms with E-state index in [9.17, 15) is 48.6 Å². The lowest BCUT2D eigenvalue weighted by molar-refractivity contribution is 0.0686. The molecule has 5 aromatic rings. The Balaban J connectivity index is 0.999. The molecule has 2 N–H and O–H groups in total. The van der Waals surface area contributed by atoms with Crippen LogP contribution in [-0.4, -0.2) is 57.3 Å². The average Bonchev–Trinajstić information content (AvgIpc) is 3.59. The zero-order valence-corrected chi connectivity index (χ0v) is 27.8. The normalized spacial score (nSPS) is 13.6. The van der Waals surface area contributed by atoms with Gasteiger partial charge in [-0.1, -0.05) is 60.7 Å². The number of ketones is 2. The van der Waals surface area contributed by atoms with Gasteiger partial charge in [-0.05, 0) is 83.9 Å². The molecule has 0 saturated heterocycles. The van der Waals surface area contributed by atoms with Crippen molar-refractivity contribution in [3.8, 4) is 0 Å². The van der Waals surface area contributed by atoms with E-state index in [-0.39, 0.29) is 55.9 Å². The van der Waals surface area contributed by atoms with Crippen molar-refractivity contribution >= 4 is 70.7 Å². The summed E-state index contributed by atoms with van der Waals surface area (Å²) < 4.78 is 0. The molecule has 0 unspecified atom stereocenters. The lowest BCUT2D eigenvalue weighted by Crippen LogP contribution is -2.29. The number of aromatic carboxylic acids is 2. The number of hydrogen-bond donors (Lipinski definition) is 2. The standard InChI is InChI=1S/C42H24N2O10/c45-35(25-3-1-5-29(19-25)43-37(47)31-15-13-27(41(51)52)21-33(31)39(43)49)17-11-23-7-9-24(10-8-23)12-18-36(46)26-4-2-6-30(20-26)44-38(48)32-16-14-28(42(53)54)22-34(32)40(44)50/h1-22H,(H,51,52)(H,53,54). The Morgan fingerprint density at radius 1 is 0.426 bits per heavy atom. The minimum absolute atomic E-state index is 0.0342. The molecule has 5 aromatic carbocycles. The second-order valence-electron chi connectivity index (χ2n) is 12.2. The van der Waals surface area contributed by atoms with E-state index in [1.54, 1.807) is 36.4 Å². The fraction of sp³-hybridized carbons (Fsp3) is 0. The van der Waals surface area contributed by atoms with Crippen molar-refractivity contribution < 1.29 is 48.6 Å². The Bertz CT molecular complexity index is 2400. The minimum atomic E-state index is -1.23. The highest BCUT2D eigenvalue weighted by Gasteiger charge is 2.38. The Morgan fingerprint density at radius 2 is 0.796 bits per heavy atom. The molecule has 0 atom stereocenters. The first-order valence-electron chi connectivity index (χ1n) is 16.2. The predicted octanol–water partition coefficient (Wildman–Crippen LogP) is 6.48. The molecule has 0 aromatic heterocycles. The van der Waals surface area contributed by atoms with Gasteiger partial charge < -0.3 is 10.2 Å². The molecule has 0 radical (unpaired) electrons. The van der Waals surface area contributed by atoms with Gasteiger partial charge >= 0.3 is 11.9 Å². The van der Waals surface area contributed by atoms with Gasteiger partial charge in [0.1, 0.15) is 0 Å². The number of allylic oxidation sites excluding steroid dienone is 2. The van der Waals surface area contributed by atoms with Crippen LogP contribution in [0.15, 0.2) is 121 Å². The van der Waals surface area contributed by atoms with Gasteiger partial charge in [-0.3, -0.25) is 28.8 Å². The Kier molecular flexibility index (Phi) is 8.77. The topological polar surface area (TPSA) is 183 Å².